The lowest BCUT2D eigenvalue weighted by Gasteiger charge is -2.08. The van der Waals surface area contributed by atoms with Crippen molar-refractivity contribution in [2.45, 2.75) is 13.5 Å². The van der Waals surface area contributed by atoms with Crippen LogP contribution in [0.1, 0.15) is 21.7 Å². The van der Waals surface area contributed by atoms with E-state index in [1.54, 1.807) is 13.0 Å². The highest BCUT2D eigenvalue weighted by atomic mass is 19.2. The molecule has 116 valence electrons. The van der Waals surface area contributed by atoms with Crippen LogP contribution < -0.4 is 4.74 Å². The van der Waals surface area contributed by atoms with E-state index >= 15 is 0 Å². The Balaban J connectivity index is 2.17. The fourth-order valence-corrected chi connectivity index (χ4v) is 1.82. The fraction of sp³-hybridized carbons (Fsp3) is 0.200. The van der Waals surface area contributed by atoms with E-state index in [4.69, 9.17) is 9.47 Å². The van der Waals surface area contributed by atoms with E-state index in [-0.39, 0.29) is 6.61 Å². The van der Waals surface area contributed by atoms with E-state index < -0.39 is 29.0 Å². The van der Waals surface area contributed by atoms with Crippen molar-refractivity contribution in [3.8, 4) is 5.75 Å². The van der Waals surface area contributed by atoms with Crippen molar-refractivity contribution in [3.63, 3.8) is 0 Å². The Morgan fingerprint density at radius 2 is 1.86 bits per heavy atom. The van der Waals surface area contributed by atoms with Gasteiger partial charge >= 0.3 is 5.97 Å². The third-order valence-electron chi connectivity index (χ3n) is 2.81. The number of carbonyl (C=O) groups is 1. The first-order valence-electron chi connectivity index (χ1n) is 6.24. The van der Waals surface area contributed by atoms with E-state index in [0.717, 1.165) is 0 Å². The number of pyridine rings is 1. The average molecular weight is 311 g/mol. The summed E-state index contributed by atoms with van der Waals surface area (Å²) in [6.45, 7) is 1.38. The number of methoxy groups -OCH3 is 1. The van der Waals surface area contributed by atoms with Crippen molar-refractivity contribution in [2.75, 3.05) is 7.11 Å². The maximum absolute atomic E-state index is 13.5. The number of hydrogen-bond acceptors (Lipinski definition) is 4. The Bertz CT molecular complexity index is 719. The van der Waals surface area contributed by atoms with Crippen molar-refractivity contribution in [3.05, 3.63) is 58.7 Å². The zero-order chi connectivity index (χ0) is 16.3. The molecule has 4 nitrogen and oxygen atoms in total. The molecule has 0 aliphatic carbocycles. The van der Waals surface area contributed by atoms with Crippen LogP contribution >= 0.6 is 0 Å². The van der Waals surface area contributed by atoms with Gasteiger partial charge in [-0.15, -0.1) is 0 Å². The second kappa shape index (κ2) is 6.46. The molecule has 0 spiro atoms. The molecule has 0 atom stereocenters. The van der Waals surface area contributed by atoms with Crippen LogP contribution in [0.15, 0.2) is 24.3 Å². The molecule has 1 aromatic heterocycles. The molecule has 0 aliphatic heterocycles. The van der Waals surface area contributed by atoms with E-state index in [1.807, 2.05) is 0 Å². The summed E-state index contributed by atoms with van der Waals surface area (Å²) in [5.41, 5.74) is -0.115. The number of rotatable bonds is 4. The maximum atomic E-state index is 13.5. The van der Waals surface area contributed by atoms with Gasteiger partial charge < -0.3 is 9.47 Å². The van der Waals surface area contributed by atoms with Crippen LogP contribution in [0, 0.1) is 24.4 Å². The number of nitrogens with zero attached hydrogens (tertiary/aromatic N) is 1. The van der Waals surface area contributed by atoms with Crippen molar-refractivity contribution in [2.24, 2.45) is 0 Å². The Morgan fingerprint density at radius 1 is 1.18 bits per heavy atom. The van der Waals surface area contributed by atoms with Crippen LogP contribution in [0.3, 0.4) is 0 Å². The van der Waals surface area contributed by atoms with Gasteiger partial charge in [-0.05, 0) is 19.1 Å². The van der Waals surface area contributed by atoms with E-state index in [0.29, 0.717) is 29.3 Å². The van der Waals surface area contributed by atoms with Gasteiger partial charge in [-0.25, -0.2) is 18.0 Å². The van der Waals surface area contributed by atoms with Crippen molar-refractivity contribution < 1.29 is 27.4 Å². The molecule has 2 rings (SSSR count). The molecular weight excluding hydrogens is 299 g/mol. The second-order valence-corrected chi connectivity index (χ2v) is 4.43. The van der Waals surface area contributed by atoms with Gasteiger partial charge in [0, 0.05) is 17.8 Å². The summed E-state index contributed by atoms with van der Waals surface area (Å²) >= 11 is 0. The third kappa shape index (κ3) is 3.36. The van der Waals surface area contributed by atoms with Gasteiger partial charge in [0.1, 0.15) is 23.7 Å². The zero-order valence-electron chi connectivity index (χ0n) is 11.8. The lowest BCUT2D eigenvalue weighted by molar-refractivity contribution is 0.0454. The van der Waals surface area contributed by atoms with E-state index in [2.05, 4.69) is 4.98 Å². The number of ether oxygens (including phenoxy) is 2. The van der Waals surface area contributed by atoms with Crippen LogP contribution in [0.4, 0.5) is 13.2 Å². The average Bonchev–Trinajstić information content (AvgIpc) is 2.48. The summed E-state index contributed by atoms with van der Waals surface area (Å²) < 4.78 is 49.8. The van der Waals surface area contributed by atoms with Crippen molar-refractivity contribution >= 4 is 5.97 Å². The monoisotopic (exact) mass is 311 g/mol. The smallest absolute Gasteiger partial charge is 0.344 e. The molecule has 7 heteroatoms. The quantitative estimate of drug-likeness (QED) is 0.643. The normalized spacial score (nSPS) is 10.4. The van der Waals surface area contributed by atoms with Crippen LogP contribution in [0.5, 0.6) is 5.75 Å². The lowest BCUT2D eigenvalue weighted by Crippen LogP contribution is -2.12. The molecule has 0 fully saturated rings. The predicted molar refractivity (Wildman–Crippen MR) is 71.0 cm³/mol. The number of halogens is 3. The highest BCUT2D eigenvalue weighted by Crippen LogP contribution is 2.18. The first-order valence-corrected chi connectivity index (χ1v) is 6.24. The third-order valence-corrected chi connectivity index (χ3v) is 2.81. The van der Waals surface area contributed by atoms with Gasteiger partial charge in [-0.3, -0.25) is 4.98 Å². The van der Waals surface area contributed by atoms with E-state index in [1.165, 1.54) is 13.2 Å². The minimum Gasteiger partial charge on any atom is -0.497 e. The van der Waals surface area contributed by atoms with Crippen molar-refractivity contribution in [1.29, 1.82) is 0 Å². The molecule has 2 aromatic rings. The van der Waals surface area contributed by atoms with Crippen LogP contribution in [0.25, 0.3) is 0 Å². The first-order chi connectivity index (χ1) is 10.4. The van der Waals surface area contributed by atoms with Gasteiger partial charge in [0.05, 0.1) is 12.8 Å². The molecule has 0 saturated heterocycles. The summed E-state index contributed by atoms with van der Waals surface area (Å²) in [7, 11) is 1.46. The van der Waals surface area contributed by atoms with Crippen LogP contribution in [-0.4, -0.2) is 18.1 Å². The molecule has 1 heterocycles. The summed E-state index contributed by atoms with van der Waals surface area (Å²) in [6.07, 6.45) is 0. The molecule has 0 N–H and O–H groups in total. The summed E-state index contributed by atoms with van der Waals surface area (Å²) in [4.78, 5) is 15.8. The molecule has 0 aliphatic rings. The number of carbonyl (C=O) groups excluding carboxylic acids is 1. The van der Waals surface area contributed by atoms with E-state index in [9.17, 15) is 18.0 Å². The second-order valence-electron chi connectivity index (χ2n) is 4.43. The number of benzene rings is 1. The summed E-state index contributed by atoms with van der Waals surface area (Å²) in [5, 5.41) is 0. The molecule has 22 heavy (non-hydrogen) atoms. The first kappa shape index (κ1) is 15.8. The number of hydrogen-bond donors (Lipinski definition) is 0. The minimum atomic E-state index is -1.58. The Labute approximate surface area is 124 Å². The molecule has 0 amide bonds. The molecule has 0 saturated carbocycles. The van der Waals surface area contributed by atoms with Crippen LogP contribution in [-0.2, 0) is 11.3 Å². The molecule has 0 radical (unpaired) electrons. The number of aryl methyl sites for hydroxylation is 1. The number of aromatic nitrogens is 1. The highest BCUT2D eigenvalue weighted by Gasteiger charge is 2.22. The summed E-state index contributed by atoms with van der Waals surface area (Å²) in [6, 6.07) is 4.42. The molecule has 0 bridgehead atoms. The Hall–Kier alpha value is -2.57. The molecule has 0 unspecified atom stereocenters. The van der Waals surface area contributed by atoms with Gasteiger partial charge in [-0.1, -0.05) is 0 Å². The molecule has 1 aromatic carbocycles. The predicted octanol–water partition coefficient (Wildman–Crippen LogP) is 3.17. The van der Waals surface area contributed by atoms with Gasteiger partial charge in [0.2, 0.25) is 0 Å². The minimum absolute atomic E-state index is 0.327. The number of esters is 1. The zero-order valence-corrected chi connectivity index (χ0v) is 11.8. The lowest BCUT2D eigenvalue weighted by atomic mass is 10.2. The van der Waals surface area contributed by atoms with Gasteiger partial charge in [-0.2, -0.15) is 0 Å². The summed E-state index contributed by atoms with van der Waals surface area (Å²) in [5.74, 6) is -4.92. The van der Waals surface area contributed by atoms with Gasteiger partial charge in [0.25, 0.3) is 0 Å². The molecular formula is C15H12F3NO3. The standard InChI is InChI=1S/C15H12F3NO3/c1-8-5-10(21-2)6-9(19-8)7-22-15(20)13-11(16)3-4-12(17)14(13)18/h3-6H,7H2,1-2H3. The highest BCUT2D eigenvalue weighted by molar-refractivity contribution is 5.90. The SMILES string of the molecule is COc1cc(C)nc(COC(=O)c2c(F)ccc(F)c2F)c1. The Morgan fingerprint density at radius 3 is 2.55 bits per heavy atom. The maximum Gasteiger partial charge on any atom is 0.344 e. The van der Waals surface area contributed by atoms with Crippen molar-refractivity contribution in [1.82, 2.24) is 4.98 Å². The Kier molecular flexibility index (Phi) is 4.65. The van der Waals surface area contributed by atoms with Crippen LogP contribution in [0.2, 0.25) is 0 Å². The fourth-order valence-electron chi connectivity index (χ4n) is 1.82. The topological polar surface area (TPSA) is 48.4 Å². The largest absolute Gasteiger partial charge is 0.497 e. The van der Waals surface area contributed by atoms with Gasteiger partial charge in [0.15, 0.2) is 11.6 Å².